The lowest BCUT2D eigenvalue weighted by Gasteiger charge is -1.94. The van der Waals surface area contributed by atoms with Gasteiger partial charge in [-0.1, -0.05) is 11.6 Å². The predicted molar refractivity (Wildman–Crippen MR) is 51.3 cm³/mol. The van der Waals surface area contributed by atoms with Crippen molar-refractivity contribution in [1.29, 1.82) is 0 Å². The van der Waals surface area contributed by atoms with Gasteiger partial charge < -0.3 is 10.2 Å². The first kappa shape index (κ1) is 11.9. The van der Waals surface area contributed by atoms with E-state index >= 15 is 0 Å². The molecule has 3 nitrogen and oxygen atoms in total. The summed E-state index contributed by atoms with van der Waals surface area (Å²) in [5, 5.41) is 17.0. The number of carbonyl (C=O) groups excluding carboxylic acids is 1. The van der Waals surface area contributed by atoms with E-state index in [-0.39, 0.29) is 17.9 Å². The number of aromatic hydroxyl groups is 1. The minimum Gasteiger partial charge on any atom is -0.507 e. The molecule has 0 unspecified atom stereocenters. The Bertz CT molecular complexity index is 274. The van der Waals surface area contributed by atoms with Gasteiger partial charge in [-0.3, -0.25) is 4.79 Å². The Hall–Kier alpha value is -1.06. The lowest BCUT2D eigenvalue weighted by molar-refractivity contribution is 0.112. The summed E-state index contributed by atoms with van der Waals surface area (Å²) in [7, 11) is 0. The Balaban J connectivity index is 0.000000424. The molecule has 1 aromatic carbocycles. The van der Waals surface area contributed by atoms with E-state index < -0.39 is 0 Å². The maximum Gasteiger partial charge on any atom is 0.153 e. The van der Waals surface area contributed by atoms with Gasteiger partial charge in [0.2, 0.25) is 0 Å². The molecule has 1 rings (SSSR count). The maximum absolute atomic E-state index is 10.2. The van der Waals surface area contributed by atoms with Crippen LogP contribution in [0.15, 0.2) is 18.2 Å². The van der Waals surface area contributed by atoms with Gasteiger partial charge in [0, 0.05) is 11.6 Å². The number of phenolic OH excluding ortho intramolecular Hbond substituents is 1. The number of benzene rings is 1. The van der Waals surface area contributed by atoms with Crippen molar-refractivity contribution >= 4 is 17.9 Å². The van der Waals surface area contributed by atoms with Crippen LogP contribution in [0.25, 0.3) is 0 Å². The van der Waals surface area contributed by atoms with Gasteiger partial charge in [-0.15, -0.1) is 0 Å². The number of phenols is 1. The van der Waals surface area contributed by atoms with Gasteiger partial charge in [0.05, 0.1) is 5.56 Å². The normalized spacial score (nSPS) is 8.54. The van der Waals surface area contributed by atoms with Crippen LogP contribution in [0.5, 0.6) is 5.75 Å². The van der Waals surface area contributed by atoms with Crippen molar-refractivity contribution < 1.29 is 15.0 Å². The zero-order valence-electron chi connectivity index (χ0n) is 7.20. The van der Waals surface area contributed by atoms with E-state index in [4.69, 9.17) is 21.8 Å². The van der Waals surface area contributed by atoms with Crippen LogP contribution in [-0.2, 0) is 0 Å². The fourth-order valence-corrected chi connectivity index (χ4v) is 0.800. The summed E-state index contributed by atoms with van der Waals surface area (Å²) in [6.45, 7) is 1.93. The number of halogens is 1. The van der Waals surface area contributed by atoms with Crippen LogP contribution in [0.2, 0.25) is 5.02 Å². The molecule has 0 saturated heterocycles. The Morgan fingerprint density at radius 1 is 1.54 bits per heavy atom. The second-order valence-corrected chi connectivity index (χ2v) is 2.57. The Morgan fingerprint density at radius 2 is 2.08 bits per heavy atom. The van der Waals surface area contributed by atoms with Crippen molar-refractivity contribution in [3.05, 3.63) is 28.8 Å². The molecule has 0 aliphatic rings. The summed E-state index contributed by atoms with van der Waals surface area (Å²) < 4.78 is 0. The molecule has 0 heterocycles. The number of aldehydes is 1. The van der Waals surface area contributed by atoms with Crippen molar-refractivity contribution in [2.75, 3.05) is 6.61 Å². The van der Waals surface area contributed by atoms with Gasteiger partial charge in [0.25, 0.3) is 0 Å². The molecule has 72 valence electrons. The first-order valence-corrected chi connectivity index (χ1v) is 4.08. The van der Waals surface area contributed by atoms with Gasteiger partial charge in [-0.2, -0.15) is 0 Å². The van der Waals surface area contributed by atoms with E-state index in [1.807, 2.05) is 0 Å². The Labute approximate surface area is 81.6 Å². The highest BCUT2D eigenvalue weighted by atomic mass is 35.5. The van der Waals surface area contributed by atoms with Crippen molar-refractivity contribution in [3.8, 4) is 5.75 Å². The zero-order chi connectivity index (χ0) is 10.3. The number of rotatable bonds is 1. The highest BCUT2D eigenvalue weighted by molar-refractivity contribution is 6.30. The van der Waals surface area contributed by atoms with Crippen LogP contribution in [0, 0.1) is 0 Å². The molecule has 0 fully saturated rings. The van der Waals surface area contributed by atoms with E-state index in [9.17, 15) is 4.79 Å². The number of aliphatic hydroxyl groups is 1. The first-order chi connectivity index (χ1) is 6.15. The molecule has 4 heteroatoms. The van der Waals surface area contributed by atoms with E-state index in [2.05, 4.69) is 0 Å². The minimum atomic E-state index is -0.0422. The summed E-state index contributed by atoms with van der Waals surface area (Å²) in [5.41, 5.74) is 0.215. The molecular formula is C9H11ClO3. The fourth-order valence-electron chi connectivity index (χ4n) is 0.620. The van der Waals surface area contributed by atoms with E-state index in [1.54, 1.807) is 6.92 Å². The highest BCUT2D eigenvalue weighted by Gasteiger charge is 1.98. The summed E-state index contributed by atoms with van der Waals surface area (Å²) >= 11 is 5.53. The second-order valence-electron chi connectivity index (χ2n) is 2.14. The third-order valence-corrected chi connectivity index (χ3v) is 1.35. The number of aliphatic hydroxyl groups excluding tert-OH is 1. The summed E-state index contributed by atoms with van der Waals surface area (Å²) in [5.74, 6) is -0.0422. The molecule has 0 aliphatic carbocycles. The van der Waals surface area contributed by atoms with Gasteiger partial charge >= 0.3 is 0 Å². The molecule has 0 aromatic heterocycles. The lowest BCUT2D eigenvalue weighted by Crippen LogP contribution is -1.79. The lowest BCUT2D eigenvalue weighted by atomic mass is 10.2. The molecule has 0 bridgehead atoms. The molecule has 0 amide bonds. The molecule has 0 radical (unpaired) electrons. The van der Waals surface area contributed by atoms with Gasteiger partial charge in [-0.25, -0.2) is 0 Å². The van der Waals surface area contributed by atoms with E-state index in [0.29, 0.717) is 11.3 Å². The molecule has 2 N–H and O–H groups in total. The number of hydrogen-bond donors (Lipinski definition) is 2. The fraction of sp³-hybridized carbons (Fsp3) is 0.222. The standard InChI is InChI=1S/C7H5ClO2.C2H6O/c8-6-1-2-7(10)5(3-6)4-9;1-2-3/h1-4,10H;3H,2H2,1H3. The third-order valence-electron chi connectivity index (χ3n) is 1.12. The topological polar surface area (TPSA) is 57.5 Å². The van der Waals surface area contributed by atoms with Crippen LogP contribution in [0.1, 0.15) is 17.3 Å². The second kappa shape index (κ2) is 6.46. The van der Waals surface area contributed by atoms with Crippen molar-refractivity contribution in [3.63, 3.8) is 0 Å². The number of hydrogen-bond acceptors (Lipinski definition) is 3. The molecule has 0 atom stereocenters. The third kappa shape index (κ3) is 4.50. The monoisotopic (exact) mass is 202 g/mol. The molecule has 13 heavy (non-hydrogen) atoms. The SMILES string of the molecule is CCO.O=Cc1cc(Cl)ccc1O. The largest absolute Gasteiger partial charge is 0.507 e. The van der Waals surface area contributed by atoms with Crippen LogP contribution < -0.4 is 0 Å². The van der Waals surface area contributed by atoms with E-state index in [0.717, 1.165) is 0 Å². The average Bonchev–Trinajstić information content (AvgIpc) is 2.10. The molecular weight excluding hydrogens is 192 g/mol. The van der Waals surface area contributed by atoms with Crippen LogP contribution >= 0.6 is 11.6 Å². The molecule has 0 aliphatic heterocycles. The first-order valence-electron chi connectivity index (χ1n) is 3.70. The van der Waals surface area contributed by atoms with Crippen LogP contribution in [-0.4, -0.2) is 23.1 Å². The Kier molecular flexibility index (Phi) is 5.93. The quantitative estimate of drug-likeness (QED) is 0.684. The zero-order valence-corrected chi connectivity index (χ0v) is 7.95. The predicted octanol–water partition coefficient (Wildman–Crippen LogP) is 1.86. The van der Waals surface area contributed by atoms with Crippen LogP contribution in [0.4, 0.5) is 0 Å². The summed E-state index contributed by atoms with van der Waals surface area (Å²) in [6.07, 6.45) is 0.557. The number of carbonyl (C=O) groups is 1. The smallest absolute Gasteiger partial charge is 0.153 e. The van der Waals surface area contributed by atoms with Gasteiger partial charge in [0.1, 0.15) is 5.75 Å². The average molecular weight is 203 g/mol. The molecule has 0 spiro atoms. The van der Waals surface area contributed by atoms with Crippen LogP contribution in [0.3, 0.4) is 0 Å². The molecule has 0 saturated carbocycles. The van der Waals surface area contributed by atoms with Crippen molar-refractivity contribution in [2.45, 2.75) is 6.92 Å². The Morgan fingerprint density at radius 3 is 2.46 bits per heavy atom. The van der Waals surface area contributed by atoms with E-state index in [1.165, 1.54) is 18.2 Å². The highest BCUT2D eigenvalue weighted by Crippen LogP contribution is 2.18. The maximum atomic E-state index is 10.2. The summed E-state index contributed by atoms with van der Waals surface area (Å²) in [4.78, 5) is 10.2. The van der Waals surface area contributed by atoms with Gasteiger partial charge in [-0.05, 0) is 25.1 Å². The molecule has 1 aromatic rings. The van der Waals surface area contributed by atoms with Crippen molar-refractivity contribution in [2.24, 2.45) is 0 Å². The van der Waals surface area contributed by atoms with Crippen molar-refractivity contribution in [1.82, 2.24) is 0 Å². The minimum absolute atomic E-state index is 0.0422. The van der Waals surface area contributed by atoms with Gasteiger partial charge in [0.15, 0.2) is 6.29 Å². The summed E-state index contributed by atoms with van der Waals surface area (Å²) in [6, 6.07) is 4.31.